The van der Waals surface area contributed by atoms with Gasteiger partial charge in [0.2, 0.25) is 0 Å². The molecular formula is C25H26N2O3. The summed E-state index contributed by atoms with van der Waals surface area (Å²) in [4.78, 5) is 4.81. The predicted molar refractivity (Wildman–Crippen MR) is 118 cm³/mol. The molecule has 3 aromatic carbocycles. The van der Waals surface area contributed by atoms with E-state index in [2.05, 4.69) is 4.57 Å². The highest BCUT2D eigenvalue weighted by Crippen LogP contribution is 2.21. The van der Waals surface area contributed by atoms with Gasteiger partial charge in [0.05, 0.1) is 24.7 Å². The summed E-state index contributed by atoms with van der Waals surface area (Å²) in [5, 5.41) is 10.7. The van der Waals surface area contributed by atoms with Gasteiger partial charge in [-0.05, 0) is 48.9 Å². The number of aliphatic hydroxyl groups excluding tert-OH is 1. The molecular weight excluding hydrogens is 376 g/mol. The first kappa shape index (κ1) is 20.0. The van der Waals surface area contributed by atoms with Gasteiger partial charge < -0.3 is 19.1 Å². The topological polar surface area (TPSA) is 56.5 Å². The van der Waals surface area contributed by atoms with Crippen molar-refractivity contribution in [2.24, 2.45) is 0 Å². The first-order chi connectivity index (χ1) is 14.6. The van der Waals surface area contributed by atoms with Gasteiger partial charge in [0.1, 0.15) is 30.0 Å². The lowest BCUT2D eigenvalue weighted by Gasteiger charge is -2.16. The number of aromatic nitrogens is 2. The van der Waals surface area contributed by atoms with Crippen LogP contribution in [-0.4, -0.2) is 34.5 Å². The van der Waals surface area contributed by atoms with Gasteiger partial charge in [-0.25, -0.2) is 4.98 Å². The number of fused-ring (bicyclic) bond motifs is 1. The predicted octanol–water partition coefficient (Wildman–Crippen LogP) is 4.38. The minimum absolute atomic E-state index is 0.220. The number of ether oxygens (including phenoxy) is 2. The highest BCUT2D eigenvalue weighted by molar-refractivity contribution is 5.76. The molecule has 0 aliphatic heterocycles. The Morgan fingerprint density at radius 3 is 2.37 bits per heavy atom. The van der Waals surface area contributed by atoms with Gasteiger partial charge in [0.15, 0.2) is 0 Å². The summed E-state index contributed by atoms with van der Waals surface area (Å²) in [7, 11) is 1.66. The third-order valence-electron chi connectivity index (χ3n) is 5.11. The summed E-state index contributed by atoms with van der Waals surface area (Å²) in [6.45, 7) is 2.67. The molecule has 0 bridgehead atoms. The van der Waals surface area contributed by atoms with E-state index in [1.807, 2.05) is 79.7 Å². The maximum Gasteiger partial charge on any atom is 0.119 e. The Hall–Kier alpha value is -3.31. The van der Waals surface area contributed by atoms with Crippen molar-refractivity contribution in [1.82, 2.24) is 9.55 Å². The number of benzene rings is 3. The highest BCUT2D eigenvalue weighted by atomic mass is 16.5. The van der Waals surface area contributed by atoms with Gasteiger partial charge in [0.25, 0.3) is 0 Å². The quantitative estimate of drug-likeness (QED) is 0.475. The monoisotopic (exact) mass is 402 g/mol. The lowest BCUT2D eigenvalue weighted by atomic mass is 10.1. The molecule has 0 aliphatic carbocycles. The van der Waals surface area contributed by atoms with Gasteiger partial charge in [0, 0.05) is 6.42 Å². The third-order valence-corrected chi connectivity index (χ3v) is 5.11. The molecule has 4 rings (SSSR count). The highest BCUT2D eigenvalue weighted by Gasteiger charge is 2.15. The van der Waals surface area contributed by atoms with Crippen molar-refractivity contribution in [2.45, 2.75) is 26.0 Å². The molecule has 0 aliphatic rings. The molecule has 5 nitrogen and oxygen atoms in total. The average molecular weight is 402 g/mol. The fourth-order valence-corrected chi connectivity index (χ4v) is 3.48. The van der Waals surface area contributed by atoms with Gasteiger partial charge in [-0.1, -0.05) is 42.0 Å². The summed E-state index contributed by atoms with van der Waals surface area (Å²) in [5.74, 6) is 2.50. The number of methoxy groups -OCH3 is 1. The van der Waals surface area contributed by atoms with Crippen molar-refractivity contribution in [2.75, 3.05) is 13.7 Å². The first-order valence-corrected chi connectivity index (χ1v) is 10.1. The van der Waals surface area contributed by atoms with E-state index in [1.54, 1.807) is 7.11 Å². The van der Waals surface area contributed by atoms with E-state index in [9.17, 15) is 5.11 Å². The lowest BCUT2D eigenvalue weighted by molar-refractivity contribution is 0.0928. The van der Waals surface area contributed by atoms with Crippen LogP contribution >= 0.6 is 0 Å². The minimum atomic E-state index is -0.654. The zero-order chi connectivity index (χ0) is 20.9. The maximum absolute atomic E-state index is 10.7. The van der Waals surface area contributed by atoms with Crippen LogP contribution in [0.2, 0.25) is 0 Å². The van der Waals surface area contributed by atoms with Crippen LogP contribution in [0, 0.1) is 6.92 Å². The van der Waals surface area contributed by atoms with Crippen LogP contribution in [-0.2, 0) is 13.0 Å². The summed E-state index contributed by atoms with van der Waals surface area (Å²) in [6, 6.07) is 23.8. The number of nitrogens with zero attached hydrogens (tertiary/aromatic N) is 2. The molecule has 0 amide bonds. The van der Waals surface area contributed by atoms with E-state index in [1.165, 1.54) is 5.56 Å². The number of hydrogen-bond donors (Lipinski definition) is 1. The molecule has 1 heterocycles. The molecule has 0 radical (unpaired) electrons. The van der Waals surface area contributed by atoms with Crippen LogP contribution in [0.1, 0.15) is 17.0 Å². The van der Waals surface area contributed by atoms with Crippen LogP contribution in [0.25, 0.3) is 11.0 Å². The van der Waals surface area contributed by atoms with Gasteiger partial charge in [-0.2, -0.15) is 0 Å². The van der Waals surface area contributed by atoms with Crippen molar-refractivity contribution in [3.8, 4) is 11.5 Å². The molecule has 5 heteroatoms. The van der Waals surface area contributed by atoms with Gasteiger partial charge >= 0.3 is 0 Å². The zero-order valence-electron chi connectivity index (χ0n) is 17.3. The van der Waals surface area contributed by atoms with Crippen LogP contribution in [0.5, 0.6) is 11.5 Å². The molecule has 0 saturated heterocycles. The molecule has 0 saturated carbocycles. The second kappa shape index (κ2) is 9.01. The number of hydrogen-bond acceptors (Lipinski definition) is 4. The molecule has 0 fully saturated rings. The maximum atomic E-state index is 10.7. The van der Waals surface area contributed by atoms with Crippen molar-refractivity contribution in [3.63, 3.8) is 0 Å². The Balaban J connectivity index is 1.52. The SMILES string of the molecule is COc1ccc(Cc2nc3ccccc3n2C[C@@H](O)COc2ccc(C)cc2)cc1. The second-order valence-corrected chi connectivity index (χ2v) is 7.43. The van der Waals surface area contributed by atoms with E-state index >= 15 is 0 Å². The second-order valence-electron chi connectivity index (χ2n) is 7.43. The van der Waals surface area contributed by atoms with E-state index in [4.69, 9.17) is 14.5 Å². The summed E-state index contributed by atoms with van der Waals surface area (Å²) >= 11 is 0. The smallest absolute Gasteiger partial charge is 0.119 e. The Labute approximate surface area is 176 Å². The van der Waals surface area contributed by atoms with Crippen LogP contribution in [0.15, 0.2) is 72.8 Å². The number of aliphatic hydroxyl groups is 1. The van der Waals surface area contributed by atoms with E-state index in [0.29, 0.717) is 13.0 Å². The van der Waals surface area contributed by atoms with E-state index in [-0.39, 0.29) is 6.61 Å². The fourth-order valence-electron chi connectivity index (χ4n) is 3.48. The van der Waals surface area contributed by atoms with Gasteiger partial charge in [-0.3, -0.25) is 0 Å². The molecule has 154 valence electrons. The van der Waals surface area contributed by atoms with Gasteiger partial charge in [-0.15, -0.1) is 0 Å². The van der Waals surface area contributed by atoms with E-state index in [0.717, 1.165) is 33.9 Å². The average Bonchev–Trinajstić information content (AvgIpc) is 3.11. The number of rotatable bonds is 8. The fraction of sp³-hybridized carbons (Fsp3) is 0.240. The molecule has 1 aromatic heterocycles. The first-order valence-electron chi connectivity index (χ1n) is 10.1. The Morgan fingerprint density at radius 2 is 1.63 bits per heavy atom. The number of para-hydroxylation sites is 2. The Kier molecular flexibility index (Phi) is 6.00. The molecule has 30 heavy (non-hydrogen) atoms. The summed E-state index contributed by atoms with van der Waals surface area (Å²) in [5.41, 5.74) is 4.25. The number of aryl methyl sites for hydroxylation is 1. The summed E-state index contributed by atoms with van der Waals surface area (Å²) < 4.78 is 13.1. The zero-order valence-corrected chi connectivity index (χ0v) is 17.3. The van der Waals surface area contributed by atoms with Crippen LogP contribution < -0.4 is 9.47 Å². The summed E-state index contributed by atoms with van der Waals surface area (Å²) in [6.07, 6.45) is 0.0167. The Morgan fingerprint density at radius 1 is 0.933 bits per heavy atom. The third kappa shape index (κ3) is 4.63. The van der Waals surface area contributed by atoms with Crippen molar-refractivity contribution < 1.29 is 14.6 Å². The molecule has 0 spiro atoms. The van der Waals surface area contributed by atoms with Crippen LogP contribution in [0.4, 0.5) is 0 Å². The van der Waals surface area contributed by atoms with Crippen molar-refractivity contribution >= 4 is 11.0 Å². The van der Waals surface area contributed by atoms with Crippen molar-refractivity contribution in [3.05, 3.63) is 89.7 Å². The molecule has 1 N–H and O–H groups in total. The number of imidazole rings is 1. The van der Waals surface area contributed by atoms with E-state index < -0.39 is 6.10 Å². The van der Waals surface area contributed by atoms with Crippen LogP contribution in [0.3, 0.4) is 0 Å². The minimum Gasteiger partial charge on any atom is -0.497 e. The lowest BCUT2D eigenvalue weighted by Crippen LogP contribution is -2.24. The Bertz CT molecular complexity index is 1100. The molecule has 0 unspecified atom stereocenters. The molecule has 1 atom stereocenters. The largest absolute Gasteiger partial charge is 0.497 e. The normalized spacial score (nSPS) is 12.1. The molecule has 4 aromatic rings. The standard InChI is InChI=1S/C25H26N2O3/c1-18-7-11-22(12-8-18)30-17-20(28)16-27-24-6-4-3-5-23(24)26-25(27)15-19-9-13-21(29-2)14-10-19/h3-14,20,28H,15-17H2,1-2H3/t20-/m1/s1. The van der Waals surface area contributed by atoms with Crippen molar-refractivity contribution in [1.29, 1.82) is 0 Å².